The molecule has 2 atom stereocenters. The van der Waals surface area contributed by atoms with Crippen molar-refractivity contribution in [1.29, 1.82) is 0 Å². The summed E-state index contributed by atoms with van der Waals surface area (Å²) in [6.07, 6.45) is -0.120. The molecule has 174 valence electrons. The van der Waals surface area contributed by atoms with E-state index in [9.17, 15) is 37.1 Å². The predicted octanol–water partition coefficient (Wildman–Crippen LogP) is 2.28. The van der Waals surface area contributed by atoms with Gasteiger partial charge in [-0.25, -0.2) is 13.6 Å². The number of carbonyl (C=O) groups is 3. The molecule has 2 aliphatic rings. The maximum atomic E-state index is 14.1. The number of carboxylic acids is 1. The van der Waals surface area contributed by atoms with Gasteiger partial charge in [-0.05, 0) is 18.2 Å². The van der Waals surface area contributed by atoms with Crippen LogP contribution in [0.3, 0.4) is 0 Å². The van der Waals surface area contributed by atoms with E-state index in [1.807, 2.05) is 0 Å². The number of likely N-dealkylation sites (tertiary alicyclic amines) is 1. The number of alkyl halides is 2. The van der Waals surface area contributed by atoms with Crippen LogP contribution < -0.4 is 0 Å². The molecular formula is C21H17F4N3O5. The molecule has 2 amide bonds. The minimum atomic E-state index is -3.11. The fourth-order valence-corrected chi connectivity index (χ4v) is 4.03. The van der Waals surface area contributed by atoms with Gasteiger partial charge in [0.15, 0.2) is 0 Å². The number of benzene rings is 1. The maximum absolute atomic E-state index is 14.1. The summed E-state index contributed by atoms with van der Waals surface area (Å²) >= 11 is 0. The van der Waals surface area contributed by atoms with Crippen LogP contribution >= 0.6 is 0 Å². The fourth-order valence-electron chi connectivity index (χ4n) is 4.03. The average molecular weight is 467 g/mol. The first-order valence-electron chi connectivity index (χ1n) is 9.83. The van der Waals surface area contributed by atoms with Crippen molar-refractivity contribution in [1.82, 2.24) is 14.8 Å². The molecule has 0 bridgehead atoms. The van der Waals surface area contributed by atoms with Crippen LogP contribution in [0, 0.1) is 11.6 Å². The number of ether oxygens (including phenoxy) is 1. The number of carboxylic acid groups (broad SMARTS) is 1. The minimum absolute atomic E-state index is 0.0421. The Morgan fingerprint density at radius 2 is 1.97 bits per heavy atom. The number of aliphatic carboxylic acids is 1. The molecule has 0 aliphatic carbocycles. The number of carbonyl (C=O) groups excluding carboxylic acids is 2. The van der Waals surface area contributed by atoms with Crippen molar-refractivity contribution in [3.8, 4) is 11.1 Å². The summed E-state index contributed by atoms with van der Waals surface area (Å²) < 4.78 is 56.6. The first-order valence-corrected chi connectivity index (χ1v) is 9.83. The third-order valence-electron chi connectivity index (χ3n) is 5.56. The van der Waals surface area contributed by atoms with Crippen LogP contribution in [0.2, 0.25) is 0 Å². The number of rotatable bonds is 6. The second-order valence-electron chi connectivity index (χ2n) is 7.66. The van der Waals surface area contributed by atoms with Crippen LogP contribution in [0.1, 0.15) is 22.5 Å². The highest BCUT2D eigenvalue weighted by molar-refractivity contribution is 6.01. The SMILES string of the molecule is O=C(O)[C@@H]1C[C@@H](OC(F)F)CN1C(=O)CN1Cc2ncc(-c3ccc(F)cc3F)cc2C1=O. The van der Waals surface area contributed by atoms with Crippen LogP contribution in [-0.4, -0.2) is 69.5 Å². The highest BCUT2D eigenvalue weighted by Crippen LogP contribution is 2.29. The third-order valence-corrected chi connectivity index (χ3v) is 5.56. The van der Waals surface area contributed by atoms with Gasteiger partial charge in [0, 0.05) is 36.4 Å². The monoisotopic (exact) mass is 467 g/mol. The standard InChI is InChI=1S/C21H17F4N3O5/c22-11-1-2-13(15(23)4-11)10-3-14-16(26-6-10)8-27(19(14)30)9-18(29)28-7-12(33-21(24)25)5-17(28)20(31)32/h1-4,6,12,17,21H,5,7-9H2,(H,31,32)/t12-,17+/m1/s1. The second kappa shape index (κ2) is 8.77. The molecular weight excluding hydrogens is 450 g/mol. The van der Waals surface area contributed by atoms with E-state index in [0.29, 0.717) is 11.8 Å². The van der Waals surface area contributed by atoms with Gasteiger partial charge < -0.3 is 19.6 Å². The molecule has 2 aliphatic heterocycles. The van der Waals surface area contributed by atoms with Gasteiger partial charge in [0.2, 0.25) is 5.91 Å². The molecule has 33 heavy (non-hydrogen) atoms. The summed E-state index contributed by atoms with van der Waals surface area (Å²) in [7, 11) is 0. The van der Waals surface area contributed by atoms with Crippen LogP contribution in [0.25, 0.3) is 11.1 Å². The summed E-state index contributed by atoms with van der Waals surface area (Å²) in [5.41, 5.74) is 0.735. The maximum Gasteiger partial charge on any atom is 0.345 e. The molecule has 12 heteroatoms. The molecule has 1 fully saturated rings. The van der Waals surface area contributed by atoms with E-state index in [2.05, 4.69) is 9.72 Å². The zero-order valence-electron chi connectivity index (χ0n) is 16.9. The van der Waals surface area contributed by atoms with Gasteiger partial charge in [0.1, 0.15) is 24.2 Å². The average Bonchev–Trinajstić information content (AvgIpc) is 3.29. The molecule has 1 N–H and O–H groups in total. The van der Waals surface area contributed by atoms with Crippen LogP contribution in [0.15, 0.2) is 30.5 Å². The number of aromatic nitrogens is 1. The lowest BCUT2D eigenvalue weighted by Gasteiger charge is -2.24. The van der Waals surface area contributed by atoms with Gasteiger partial charge >= 0.3 is 12.6 Å². The number of hydrogen-bond donors (Lipinski definition) is 1. The first kappa shape index (κ1) is 22.6. The van der Waals surface area contributed by atoms with E-state index in [4.69, 9.17) is 0 Å². The molecule has 4 rings (SSSR count). The molecule has 0 unspecified atom stereocenters. The summed E-state index contributed by atoms with van der Waals surface area (Å²) in [4.78, 5) is 43.2. The zero-order valence-corrected chi connectivity index (χ0v) is 16.9. The zero-order chi connectivity index (χ0) is 23.9. The highest BCUT2D eigenvalue weighted by Gasteiger charge is 2.42. The molecule has 3 heterocycles. The Labute approximate surface area is 184 Å². The van der Waals surface area contributed by atoms with Gasteiger partial charge in [-0.2, -0.15) is 8.78 Å². The largest absolute Gasteiger partial charge is 0.480 e. The van der Waals surface area contributed by atoms with Gasteiger partial charge in [0.05, 0.1) is 23.9 Å². The number of fused-ring (bicyclic) bond motifs is 1. The Hall–Kier alpha value is -3.54. The summed E-state index contributed by atoms with van der Waals surface area (Å²) in [6.45, 7) is -4.00. The third kappa shape index (κ3) is 4.51. The Bertz CT molecular complexity index is 1130. The molecule has 1 aromatic heterocycles. The predicted molar refractivity (Wildman–Crippen MR) is 103 cm³/mol. The molecule has 0 spiro atoms. The lowest BCUT2D eigenvalue weighted by Crippen LogP contribution is -2.45. The van der Waals surface area contributed by atoms with Crippen molar-refractivity contribution in [3.63, 3.8) is 0 Å². The number of halogens is 4. The molecule has 1 saturated heterocycles. The normalized spacial score (nSPS) is 20.0. The molecule has 8 nitrogen and oxygen atoms in total. The highest BCUT2D eigenvalue weighted by atomic mass is 19.3. The van der Waals surface area contributed by atoms with Crippen molar-refractivity contribution >= 4 is 17.8 Å². The lowest BCUT2D eigenvalue weighted by molar-refractivity contribution is -0.160. The number of hydrogen-bond acceptors (Lipinski definition) is 5. The fraction of sp³-hybridized carbons (Fsp3) is 0.333. The number of amides is 2. The molecule has 2 aromatic rings. The summed E-state index contributed by atoms with van der Waals surface area (Å²) in [5, 5.41) is 9.34. The second-order valence-corrected chi connectivity index (χ2v) is 7.66. The van der Waals surface area contributed by atoms with Crippen LogP contribution in [-0.2, 0) is 20.9 Å². The van der Waals surface area contributed by atoms with E-state index in [-0.39, 0.29) is 36.2 Å². The Morgan fingerprint density at radius 1 is 1.21 bits per heavy atom. The van der Waals surface area contributed by atoms with Crippen LogP contribution in [0.5, 0.6) is 0 Å². The quantitative estimate of drug-likeness (QED) is 0.655. The Balaban J connectivity index is 1.49. The Kier molecular flexibility index (Phi) is 6.02. The molecule has 1 aromatic carbocycles. The van der Waals surface area contributed by atoms with Gasteiger partial charge in [-0.1, -0.05) is 0 Å². The van der Waals surface area contributed by atoms with Crippen molar-refractivity contribution in [2.45, 2.75) is 31.7 Å². The summed E-state index contributed by atoms with van der Waals surface area (Å²) in [6, 6.07) is 3.01. The van der Waals surface area contributed by atoms with Crippen molar-refractivity contribution in [2.24, 2.45) is 0 Å². The van der Waals surface area contributed by atoms with Gasteiger partial charge in [-0.3, -0.25) is 14.6 Å². The van der Waals surface area contributed by atoms with Crippen LogP contribution in [0.4, 0.5) is 17.6 Å². The van der Waals surface area contributed by atoms with E-state index >= 15 is 0 Å². The minimum Gasteiger partial charge on any atom is -0.480 e. The number of pyridine rings is 1. The number of nitrogens with zero attached hydrogens (tertiary/aromatic N) is 3. The van der Waals surface area contributed by atoms with Crippen molar-refractivity contribution in [2.75, 3.05) is 13.1 Å². The van der Waals surface area contributed by atoms with E-state index < -0.39 is 54.7 Å². The van der Waals surface area contributed by atoms with Gasteiger partial charge in [-0.15, -0.1) is 0 Å². The smallest absolute Gasteiger partial charge is 0.345 e. The molecule has 0 radical (unpaired) electrons. The topological polar surface area (TPSA) is 100 Å². The summed E-state index contributed by atoms with van der Waals surface area (Å²) in [5.74, 6) is -4.28. The molecule has 0 saturated carbocycles. The van der Waals surface area contributed by atoms with Gasteiger partial charge in [0.25, 0.3) is 5.91 Å². The van der Waals surface area contributed by atoms with E-state index in [0.717, 1.165) is 15.9 Å². The lowest BCUT2D eigenvalue weighted by atomic mass is 10.0. The first-order chi connectivity index (χ1) is 15.6. The van der Waals surface area contributed by atoms with Crippen molar-refractivity contribution < 1.29 is 41.8 Å². The van der Waals surface area contributed by atoms with E-state index in [1.54, 1.807) is 0 Å². The Morgan fingerprint density at radius 3 is 2.64 bits per heavy atom. The van der Waals surface area contributed by atoms with Crippen molar-refractivity contribution in [3.05, 3.63) is 53.4 Å². The van der Waals surface area contributed by atoms with E-state index in [1.165, 1.54) is 18.3 Å².